The largest absolute Gasteiger partial charge is 0.348 e. The maximum Gasteiger partial charge on any atom is 0.251 e. The van der Waals surface area contributed by atoms with E-state index in [1.807, 2.05) is 74.7 Å². The minimum absolute atomic E-state index is 0.0163. The lowest BCUT2D eigenvalue weighted by atomic mass is 10.1. The second-order valence-electron chi connectivity index (χ2n) is 6.89. The maximum absolute atomic E-state index is 12.4. The number of carbonyl (C=O) groups is 2. The van der Waals surface area contributed by atoms with E-state index in [2.05, 4.69) is 15.6 Å². The van der Waals surface area contributed by atoms with Crippen molar-refractivity contribution in [3.8, 4) is 10.6 Å². The first kappa shape index (κ1) is 19.8. The molecule has 2 N–H and O–H groups in total. The molecule has 1 heterocycles. The van der Waals surface area contributed by atoms with E-state index in [1.165, 1.54) is 0 Å². The number of nitrogens with zero attached hydrogens (tertiary/aromatic N) is 1. The number of hydrogen-bond donors (Lipinski definition) is 2. The van der Waals surface area contributed by atoms with Crippen LogP contribution in [0.5, 0.6) is 0 Å². The Hall–Kier alpha value is -2.99. The van der Waals surface area contributed by atoms with Gasteiger partial charge in [0.15, 0.2) is 0 Å². The Balaban J connectivity index is 1.55. The smallest absolute Gasteiger partial charge is 0.251 e. The molecule has 0 bridgehead atoms. The van der Waals surface area contributed by atoms with Gasteiger partial charge in [-0.25, -0.2) is 4.98 Å². The van der Waals surface area contributed by atoms with Gasteiger partial charge in [0.05, 0.1) is 0 Å². The van der Waals surface area contributed by atoms with Crippen LogP contribution in [0.4, 0.5) is 5.69 Å². The van der Waals surface area contributed by atoms with Crippen LogP contribution in [-0.4, -0.2) is 16.8 Å². The standard InChI is InChI=1S/C22H23N3O2S/c1-14(2)20(26)25-19-10-4-16(5-11-19)12-23-21(27)17-6-8-18(9-7-17)22-24-15(3)13-28-22/h4-11,13-14H,12H2,1-3H3,(H,23,27)(H,25,26). The van der Waals surface area contributed by atoms with Gasteiger partial charge in [-0.2, -0.15) is 0 Å². The summed E-state index contributed by atoms with van der Waals surface area (Å²) >= 11 is 1.59. The zero-order valence-electron chi connectivity index (χ0n) is 16.2. The van der Waals surface area contributed by atoms with Gasteiger partial charge >= 0.3 is 0 Å². The van der Waals surface area contributed by atoms with Crippen LogP contribution in [0, 0.1) is 12.8 Å². The van der Waals surface area contributed by atoms with Crippen molar-refractivity contribution < 1.29 is 9.59 Å². The Bertz CT molecular complexity index is 960. The zero-order chi connectivity index (χ0) is 20.1. The predicted octanol–water partition coefficient (Wildman–Crippen LogP) is 4.64. The maximum atomic E-state index is 12.4. The van der Waals surface area contributed by atoms with E-state index in [0.29, 0.717) is 12.1 Å². The molecular formula is C22H23N3O2S. The molecule has 0 saturated carbocycles. The van der Waals surface area contributed by atoms with E-state index in [1.54, 1.807) is 11.3 Å². The topological polar surface area (TPSA) is 71.1 Å². The molecule has 6 heteroatoms. The third kappa shape index (κ3) is 5.04. The summed E-state index contributed by atoms with van der Waals surface area (Å²) in [7, 11) is 0. The first-order chi connectivity index (χ1) is 13.4. The summed E-state index contributed by atoms with van der Waals surface area (Å²) in [5, 5.41) is 8.73. The summed E-state index contributed by atoms with van der Waals surface area (Å²) in [6.45, 7) is 6.09. The van der Waals surface area contributed by atoms with Crippen LogP contribution < -0.4 is 10.6 Å². The molecule has 144 valence electrons. The highest BCUT2D eigenvalue weighted by Crippen LogP contribution is 2.23. The van der Waals surface area contributed by atoms with Crippen LogP contribution in [0.25, 0.3) is 10.6 Å². The first-order valence-corrected chi connectivity index (χ1v) is 10.0. The number of nitrogens with one attached hydrogen (secondary N) is 2. The number of rotatable bonds is 6. The molecule has 0 fully saturated rings. The molecule has 3 rings (SSSR count). The Morgan fingerprint density at radius 1 is 1.04 bits per heavy atom. The highest BCUT2D eigenvalue weighted by Gasteiger charge is 2.09. The van der Waals surface area contributed by atoms with E-state index in [-0.39, 0.29) is 17.7 Å². The molecule has 0 spiro atoms. The average molecular weight is 394 g/mol. The number of hydrogen-bond acceptors (Lipinski definition) is 4. The number of thiazole rings is 1. The normalized spacial score (nSPS) is 10.7. The molecule has 0 unspecified atom stereocenters. The van der Waals surface area contributed by atoms with Crippen molar-refractivity contribution >= 4 is 28.8 Å². The van der Waals surface area contributed by atoms with Crippen molar-refractivity contribution in [1.29, 1.82) is 0 Å². The Morgan fingerprint density at radius 3 is 2.29 bits per heavy atom. The fourth-order valence-corrected chi connectivity index (χ4v) is 3.33. The van der Waals surface area contributed by atoms with E-state index in [0.717, 1.165) is 27.5 Å². The fraction of sp³-hybridized carbons (Fsp3) is 0.227. The van der Waals surface area contributed by atoms with Gasteiger partial charge in [-0.05, 0) is 36.8 Å². The van der Waals surface area contributed by atoms with Crippen LogP contribution >= 0.6 is 11.3 Å². The Labute approximate surface area is 168 Å². The van der Waals surface area contributed by atoms with Crippen molar-refractivity contribution in [1.82, 2.24) is 10.3 Å². The van der Waals surface area contributed by atoms with Crippen LogP contribution in [0.3, 0.4) is 0 Å². The monoisotopic (exact) mass is 393 g/mol. The van der Waals surface area contributed by atoms with Gasteiger partial charge < -0.3 is 10.6 Å². The molecule has 5 nitrogen and oxygen atoms in total. The van der Waals surface area contributed by atoms with Gasteiger partial charge in [0.1, 0.15) is 5.01 Å². The van der Waals surface area contributed by atoms with Crippen LogP contribution in [0.1, 0.15) is 35.5 Å². The van der Waals surface area contributed by atoms with Crippen LogP contribution in [0.15, 0.2) is 53.9 Å². The van der Waals surface area contributed by atoms with Gasteiger partial charge in [-0.15, -0.1) is 11.3 Å². The quantitative estimate of drug-likeness (QED) is 0.641. The SMILES string of the molecule is Cc1csc(-c2ccc(C(=O)NCc3ccc(NC(=O)C(C)C)cc3)cc2)n1. The highest BCUT2D eigenvalue weighted by atomic mass is 32.1. The molecule has 0 radical (unpaired) electrons. The highest BCUT2D eigenvalue weighted by molar-refractivity contribution is 7.13. The van der Waals surface area contributed by atoms with E-state index < -0.39 is 0 Å². The molecule has 0 aliphatic heterocycles. The van der Waals surface area contributed by atoms with Crippen molar-refractivity contribution in [3.63, 3.8) is 0 Å². The van der Waals surface area contributed by atoms with Gasteiger partial charge in [0.2, 0.25) is 5.91 Å². The lowest BCUT2D eigenvalue weighted by molar-refractivity contribution is -0.118. The van der Waals surface area contributed by atoms with Crippen LogP contribution in [-0.2, 0) is 11.3 Å². The van der Waals surface area contributed by atoms with E-state index >= 15 is 0 Å². The molecule has 0 aliphatic rings. The molecule has 2 amide bonds. The van der Waals surface area contributed by atoms with E-state index in [9.17, 15) is 9.59 Å². The Morgan fingerprint density at radius 2 is 1.71 bits per heavy atom. The molecule has 1 aromatic heterocycles. The third-order valence-electron chi connectivity index (χ3n) is 4.21. The minimum Gasteiger partial charge on any atom is -0.348 e. The minimum atomic E-state index is -0.126. The third-order valence-corrected chi connectivity index (χ3v) is 5.22. The van der Waals surface area contributed by atoms with Gasteiger partial charge in [-0.3, -0.25) is 9.59 Å². The summed E-state index contributed by atoms with van der Waals surface area (Å²) < 4.78 is 0. The number of aryl methyl sites for hydroxylation is 1. The lowest BCUT2D eigenvalue weighted by Gasteiger charge is -2.09. The summed E-state index contributed by atoms with van der Waals surface area (Å²) in [5.41, 5.74) is 4.33. The van der Waals surface area contributed by atoms with Crippen molar-refractivity contribution in [3.05, 3.63) is 70.7 Å². The van der Waals surface area contributed by atoms with Crippen molar-refractivity contribution in [2.24, 2.45) is 5.92 Å². The summed E-state index contributed by atoms with van der Waals surface area (Å²) in [5.74, 6) is -0.207. The number of benzene rings is 2. The van der Waals surface area contributed by atoms with E-state index in [4.69, 9.17) is 0 Å². The predicted molar refractivity (Wildman–Crippen MR) is 113 cm³/mol. The average Bonchev–Trinajstić information content (AvgIpc) is 3.13. The molecule has 3 aromatic rings. The molecule has 28 heavy (non-hydrogen) atoms. The second kappa shape index (κ2) is 8.80. The van der Waals surface area contributed by atoms with Gasteiger partial charge in [0, 0.05) is 40.4 Å². The Kier molecular flexibility index (Phi) is 6.21. The summed E-state index contributed by atoms with van der Waals surface area (Å²) in [4.78, 5) is 28.5. The number of anilines is 1. The second-order valence-corrected chi connectivity index (χ2v) is 7.75. The fourth-order valence-electron chi connectivity index (χ4n) is 2.53. The lowest BCUT2D eigenvalue weighted by Crippen LogP contribution is -2.22. The zero-order valence-corrected chi connectivity index (χ0v) is 17.0. The number of carbonyl (C=O) groups excluding carboxylic acids is 2. The van der Waals surface area contributed by atoms with Gasteiger partial charge in [0.25, 0.3) is 5.91 Å². The molecular weight excluding hydrogens is 370 g/mol. The van der Waals surface area contributed by atoms with Crippen molar-refractivity contribution in [2.45, 2.75) is 27.3 Å². The van der Waals surface area contributed by atoms with Crippen LogP contribution in [0.2, 0.25) is 0 Å². The molecule has 0 atom stereocenters. The first-order valence-electron chi connectivity index (χ1n) is 9.13. The summed E-state index contributed by atoms with van der Waals surface area (Å²) in [6, 6.07) is 14.9. The number of amides is 2. The molecule has 0 saturated heterocycles. The number of aromatic nitrogens is 1. The van der Waals surface area contributed by atoms with Gasteiger partial charge in [-0.1, -0.05) is 38.1 Å². The molecule has 0 aliphatic carbocycles. The summed E-state index contributed by atoms with van der Waals surface area (Å²) in [6.07, 6.45) is 0. The molecule has 2 aromatic carbocycles. The van der Waals surface area contributed by atoms with Crippen molar-refractivity contribution in [2.75, 3.05) is 5.32 Å².